The first-order chi connectivity index (χ1) is 13.0. The molecule has 1 saturated heterocycles. The van der Waals surface area contributed by atoms with Gasteiger partial charge < -0.3 is 10.2 Å². The molecule has 2 aromatic carbocycles. The molecule has 5 heteroatoms. The summed E-state index contributed by atoms with van der Waals surface area (Å²) in [6.45, 7) is 4.28. The quantitative estimate of drug-likeness (QED) is 0.840. The third kappa shape index (κ3) is 5.33. The number of likely N-dealkylation sites (tertiary alicyclic amines) is 1. The van der Waals surface area contributed by atoms with Crippen LogP contribution in [0, 0.1) is 5.92 Å². The van der Waals surface area contributed by atoms with E-state index < -0.39 is 0 Å². The van der Waals surface area contributed by atoms with Gasteiger partial charge in [-0.1, -0.05) is 36.7 Å². The second-order valence-corrected chi connectivity index (χ2v) is 7.65. The average Bonchev–Trinajstić information content (AvgIpc) is 2.69. The predicted octanol–water partition coefficient (Wildman–Crippen LogP) is 4.18. The van der Waals surface area contributed by atoms with Crippen molar-refractivity contribution in [2.24, 2.45) is 5.92 Å². The molecule has 1 unspecified atom stereocenters. The van der Waals surface area contributed by atoms with Gasteiger partial charge in [-0.3, -0.25) is 9.59 Å². The van der Waals surface area contributed by atoms with E-state index in [9.17, 15) is 9.59 Å². The molecule has 1 fully saturated rings. The van der Waals surface area contributed by atoms with Gasteiger partial charge in [0.2, 0.25) is 0 Å². The largest absolute Gasteiger partial charge is 0.352 e. The standard InChI is InChI=1S/C22H25ClN2O2/c1-16-4-3-13-25(15-16)22(27)19-6-2-5-18(14-19)21(26)24-12-11-17-7-9-20(23)10-8-17/h2,5-10,14,16H,3-4,11-13,15H2,1H3,(H,24,26). The van der Waals surface area contributed by atoms with Crippen molar-refractivity contribution in [1.82, 2.24) is 10.2 Å². The lowest BCUT2D eigenvalue weighted by Crippen LogP contribution is -2.39. The lowest BCUT2D eigenvalue weighted by atomic mass is 9.99. The molecule has 1 aliphatic heterocycles. The van der Waals surface area contributed by atoms with E-state index in [4.69, 9.17) is 11.6 Å². The normalized spacial score (nSPS) is 16.8. The van der Waals surface area contributed by atoms with Crippen molar-refractivity contribution in [3.8, 4) is 0 Å². The zero-order chi connectivity index (χ0) is 19.2. The van der Waals surface area contributed by atoms with E-state index in [0.29, 0.717) is 28.6 Å². The fourth-order valence-corrected chi connectivity index (χ4v) is 3.55. The number of amides is 2. The summed E-state index contributed by atoms with van der Waals surface area (Å²) in [5.41, 5.74) is 2.21. The minimum Gasteiger partial charge on any atom is -0.352 e. The molecule has 1 aliphatic rings. The van der Waals surface area contributed by atoms with Gasteiger partial charge in [-0.2, -0.15) is 0 Å². The highest BCUT2D eigenvalue weighted by Crippen LogP contribution is 2.18. The summed E-state index contributed by atoms with van der Waals surface area (Å²) in [5, 5.41) is 3.62. The van der Waals surface area contributed by atoms with Crippen LogP contribution in [0.1, 0.15) is 46.0 Å². The van der Waals surface area contributed by atoms with Gasteiger partial charge in [0.05, 0.1) is 0 Å². The van der Waals surface area contributed by atoms with Crippen LogP contribution in [0.25, 0.3) is 0 Å². The van der Waals surface area contributed by atoms with E-state index in [0.717, 1.165) is 31.5 Å². The number of nitrogens with zero attached hydrogens (tertiary/aromatic N) is 1. The Hall–Kier alpha value is -2.33. The van der Waals surface area contributed by atoms with Gasteiger partial charge in [-0.05, 0) is 61.1 Å². The van der Waals surface area contributed by atoms with Gasteiger partial charge in [0, 0.05) is 35.8 Å². The van der Waals surface area contributed by atoms with Crippen LogP contribution in [0.5, 0.6) is 0 Å². The Balaban J connectivity index is 1.58. The highest BCUT2D eigenvalue weighted by atomic mass is 35.5. The number of carbonyl (C=O) groups excluding carboxylic acids is 2. The van der Waals surface area contributed by atoms with E-state index in [1.165, 1.54) is 6.42 Å². The summed E-state index contributed by atoms with van der Waals surface area (Å²) in [7, 11) is 0. The van der Waals surface area contributed by atoms with Crippen LogP contribution in [0.4, 0.5) is 0 Å². The number of nitrogens with one attached hydrogen (secondary N) is 1. The van der Waals surface area contributed by atoms with Crippen LogP contribution in [0.3, 0.4) is 0 Å². The van der Waals surface area contributed by atoms with Crippen molar-refractivity contribution in [1.29, 1.82) is 0 Å². The Labute approximate surface area is 165 Å². The Morgan fingerprint density at radius 1 is 1.15 bits per heavy atom. The number of carbonyl (C=O) groups is 2. The highest BCUT2D eigenvalue weighted by molar-refractivity contribution is 6.30. The van der Waals surface area contributed by atoms with Gasteiger partial charge in [-0.25, -0.2) is 0 Å². The third-order valence-electron chi connectivity index (χ3n) is 4.93. The summed E-state index contributed by atoms with van der Waals surface area (Å²) in [6.07, 6.45) is 2.94. The molecule has 4 nitrogen and oxygen atoms in total. The maximum atomic E-state index is 12.7. The van der Waals surface area contributed by atoms with Crippen LogP contribution < -0.4 is 5.32 Å². The van der Waals surface area contributed by atoms with Crippen LogP contribution in [0.15, 0.2) is 48.5 Å². The average molecular weight is 385 g/mol. The van der Waals surface area contributed by atoms with Gasteiger partial charge in [0.25, 0.3) is 11.8 Å². The van der Waals surface area contributed by atoms with Crippen molar-refractivity contribution in [2.45, 2.75) is 26.2 Å². The number of hydrogen-bond acceptors (Lipinski definition) is 2. The zero-order valence-corrected chi connectivity index (χ0v) is 16.3. The fourth-order valence-electron chi connectivity index (χ4n) is 3.42. The molecule has 1 N–H and O–H groups in total. The number of rotatable bonds is 5. The molecule has 3 rings (SSSR count). The molecular weight excluding hydrogens is 360 g/mol. The topological polar surface area (TPSA) is 49.4 Å². The first kappa shape index (κ1) is 19.4. The number of halogens is 1. The molecule has 0 aromatic heterocycles. The minimum atomic E-state index is -0.161. The van der Waals surface area contributed by atoms with Gasteiger partial charge in [0.15, 0.2) is 0 Å². The Kier molecular flexibility index (Phi) is 6.51. The molecule has 0 spiro atoms. The zero-order valence-electron chi connectivity index (χ0n) is 15.6. The molecule has 142 valence electrons. The summed E-state index contributed by atoms with van der Waals surface area (Å²) >= 11 is 5.88. The number of piperidine rings is 1. The maximum absolute atomic E-state index is 12.7. The molecule has 1 heterocycles. The van der Waals surface area contributed by atoms with Crippen LogP contribution in [-0.2, 0) is 6.42 Å². The molecule has 27 heavy (non-hydrogen) atoms. The molecule has 0 radical (unpaired) electrons. The van der Waals surface area contributed by atoms with Crippen molar-refractivity contribution < 1.29 is 9.59 Å². The summed E-state index contributed by atoms with van der Waals surface area (Å²) in [5.74, 6) is 0.380. The summed E-state index contributed by atoms with van der Waals surface area (Å²) in [4.78, 5) is 27.1. The van der Waals surface area contributed by atoms with E-state index >= 15 is 0 Å². The predicted molar refractivity (Wildman–Crippen MR) is 108 cm³/mol. The lowest BCUT2D eigenvalue weighted by molar-refractivity contribution is 0.0683. The number of hydrogen-bond donors (Lipinski definition) is 1. The lowest BCUT2D eigenvalue weighted by Gasteiger charge is -2.31. The van der Waals surface area contributed by atoms with Crippen molar-refractivity contribution in [3.05, 3.63) is 70.2 Å². The Morgan fingerprint density at radius 3 is 2.63 bits per heavy atom. The van der Waals surface area contributed by atoms with E-state index in [1.807, 2.05) is 29.2 Å². The molecule has 0 bridgehead atoms. The highest BCUT2D eigenvalue weighted by Gasteiger charge is 2.22. The summed E-state index contributed by atoms with van der Waals surface area (Å²) in [6, 6.07) is 14.6. The monoisotopic (exact) mass is 384 g/mol. The molecule has 2 amide bonds. The van der Waals surface area contributed by atoms with Gasteiger partial charge in [0.1, 0.15) is 0 Å². The smallest absolute Gasteiger partial charge is 0.253 e. The molecule has 2 aromatic rings. The van der Waals surface area contributed by atoms with Crippen LogP contribution in [0.2, 0.25) is 5.02 Å². The van der Waals surface area contributed by atoms with Crippen LogP contribution in [-0.4, -0.2) is 36.3 Å². The number of benzene rings is 2. The fraction of sp³-hybridized carbons (Fsp3) is 0.364. The van der Waals surface area contributed by atoms with Crippen LogP contribution >= 0.6 is 11.6 Å². The molecular formula is C22H25ClN2O2. The van der Waals surface area contributed by atoms with E-state index in [1.54, 1.807) is 24.3 Å². The second-order valence-electron chi connectivity index (χ2n) is 7.21. The van der Waals surface area contributed by atoms with Crippen molar-refractivity contribution >= 4 is 23.4 Å². The van der Waals surface area contributed by atoms with Gasteiger partial charge in [-0.15, -0.1) is 0 Å². The van der Waals surface area contributed by atoms with E-state index in [2.05, 4.69) is 12.2 Å². The van der Waals surface area contributed by atoms with Crippen molar-refractivity contribution in [3.63, 3.8) is 0 Å². The second kappa shape index (κ2) is 9.05. The van der Waals surface area contributed by atoms with Gasteiger partial charge >= 0.3 is 0 Å². The third-order valence-corrected chi connectivity index (χ3v) is 5.18. The molecule has 0 aliphatic carbocycles. The van der Waals surface area contributed by atoms with E-state index in [-0.39, 0.29) is 11.8 Å². The minimum absolute atomic E-state index is 0.0114. The SMILES string of the molecule is CC1CCCN(C(=O)c2cccc(C(=O)NCCc3ccc(Cl)cc3)c2)C1. The Morgan fingerprint density at radius 2 is 1.89 bits per heavy atom. The first-order valence-corrected chi connectivity index (χ1v) is 9.82. The first-order valence-electron chi connectivity index (χ1n) is 9.45. The maximum Gasteiger partial charge on any atom is 0.253 e. The summed E-state index contributed by atoms with van der Waals surface area (Å²) < 4.78 is 0. The molecule has 1 atom stereocenters. The molecule has 0 saturated carbocycles. The Bertz CT molecular complexity index is 804. The van der Waals surface area contributed by atoms with Crippen molar-refractivity contribution in [2.75, 3.05) is 19.6 Å².